The van der Waals surface area contributed by atoms with E-state index in [2.05, 4.69) is 16.8 Å². The average Bonchev–Trinajstić information content (AvgIpc) is 2.88. The third kappa shape index (κ3) is 3.12. The van der Waals surface area contributed by atoms with Crippen molar-refractivity contribution in [3.63, 3.8) is 0 Å². The normalized spacial score (nSPS) is 13.0. The van der Waals surface area contributed by atoms with Gasteiger partial charge in [-0.05, 0) is 43.8 Å². The molecular formula is C17H16Cl2N2O. The van der Waals surface area contributed by atoms with Gasteiger partial charge >= 0.3 is 0 Å². The summed E-state index contributed by atoms with van der Waals surface area (Å²) in [5.74, 6) is 0.695. The molecule has 0 radical (unpaired) electrons. The van der Waals surface area contributed by atoms with E-state index < -0.39 is 0 Å². The van der Waals surface area contributed by atoms with Crippen molar-refractivity contribution >= 4 is 34.3 Å². The second-order valence-electron chi connectivity index (χ2n) is 5.33. The first kappa shape index (κ1) is 15.3. The van der Waals surface area contributed by atoms with E-state index in [1.54, 1.807) is 6.07 Å². The van der Waals surface area contributed by atoms with Gasteiger partial charge in [-0.15, -0.1) is 0 Å². The Morgan fingerprint density at radius 2 is 1.95 bits per heavy atom. The quantitative estimate of drug-likeness (QED) is 0.645. The van der Waals surface area contributed by atoms with Crippen LogP contribution in [0.1, 0.15) is 24.4 Å². The highest BCUT2D eigenvalue weighted by molar-refractivity contribution is 6.35. The van der Waals surface area contributed by atoms with E-state index in [9.17, 15) is 0 Å². The Bertz CT molecular complexity index is 767. The molecule has 114 valence electrons. The van der Waals surface area contributed by atoms with Gasteiger partial charge in [0.15, 0.2) is 5.58 Å². The molecule has 0 aliphatic carbocycles. The van der Waals surface area contributed by atoms with Crippen molar-refractivity contribution in [1.29, 1.82) is 0 Å². The number of fused-ring (bicyclic) bond motifs is 1. The summed E-state index contributed by atoms with van der Waals surface area (Å²) < 4.78 is 5.77. The van der Waals surface area contributed by atoms with E-state index in [4.69, 9.17) is 27.6 Å². The lowest BCUT2D eigenvalue weighted by Crippen LogP contribution is -2.22. The number of oxazole rings is 1. The van der Waals surface area contributed by atoms with E-state index in [-0.39, 0.29) is 6.04 Å². The van der Waals surface area contributed by atoms with Crippen LogP contribution >= 0.6 is 23.2 Å². The standard InChI is InChI=1S/C17H16Cl2N2O/c1-11(13-8-7-12(18)9-14(13)19)21(2)10-17-20-15-5-3-4-6-16(15)22-17/h3-9,11H,10H2,1-2H3. The molecule has 3 aromatic rings. The summed E-state index contributed by atoms with van der Waals surface area (Å²) in [4.78, 5) is 6.64. The van der Waals surface area contributed by atoms with Crippen LogP contribution in [0.25, 0.3) is 11.1 Å². The zero-order valence-corrected chi connectivity index (χ0v) is 13.9. The molecule has 1 unspecified atom stereocenters. The van der Waals surface area contributed by atoms with E-state index in [1.807, 2.05) is 43.4 Å². The molecule has 0 saturated carbocycles. The average molecular weight is 335 g/mol. The molecular weight excluding hydrogens is 319 g/mol. The van der Waals surface area contributed by atoms with Crippen molar-refractivity contribution in [2.75, 3.05) is 7.05 Å². The molecule has 1 heterocycles. The van der Waals surface area contributed by atoms with Gasteiger partial charge in [-0.2, -0.15) is 0 Å². The highest BCUT2D eigenvalue weighted by Crippen LogP contribution is 2.30. The minimum Gasteiger partial charge on any atom is -0.439 e. The summed E-state index contributed by atoms with van der Waals surface area (Å²) in [6.45, 7) is 2.70. The molecule has 2 aromatic carbocycles. The Labute approximate surface area is 139 Å². The highest BCUT2D eigenvalue weighted by Gasteiger charge is 2.17. The summed E-state index contributed by atoms with van der Waals surface area (Å²) >= 11 is 12.2. The van der Waals surface area contributed by atoms with Gasteiger partial charge in [0.25, 0.3) is 0 Å². The Balaban J connectivity index is 1.79. The minimum absolute atomic E-state index is 0.125. The molecule has 0 amide bonds. The maximum Gasteiger partial charge on any atom is 0.209 e. The molecule has 0 aliphatic heterocycles. The zero-order valence-electron chi connectivity index (χ0n) is 12.4. The predicted octanol–water partition coefficient (Wildman–Crippen LogP) is 5.33. The van der Waals surface area contributed by atoms with Crippen LogP contribution in [0.15, 0.2) is 46.9 Å². The van der Waals surface area contributed by atoms with Crippen LogP contribution < -0.4 is 0 Å². The Hall–Kier alpha value is -1.55. The SMILES string of the molecule is CC(c1ccc(Cl)cc1Cl)N(C)Cc1nc2ccccc2o1. The van der Waals surface area contributed by atoms with Crippen LogP contribution in [0, 0.1) is 0 Å². The van der Waals surface area contributed by atoms with E-state index >= 15 is 0 Å². The van der Waals surface area contributed by atoms with Crippen LogP contribution in [0.2, 0.25) is 10.0 Å². The van der Waals surface area contributed by atoms with Crippen LogP contribution in [-0.2, 0) is 6.54 Å². The van der Waals surface area contributed by atoms with Crippen LogP contribution in [0.5, 0.6) is 0 Å². The summed E-state index contributed by atoms with van der Waals surface area (Å²) in [5.41, 5.74) is 2.72. The van der Waals surface area contributed by atoms with Crippen molar-refractivity contribution in [2.24, 2.45) is 0 Å². The molecule has 0 N–H and O–H groups in total. The van der Waals surface area contributed by atoms with Gasteiger partial charge in [0.2, 0.25) is 5.89 Å². The number of nitrogens with zero attached hydrogens (tertiary/aromatic N) is 2. The molecule has 1 aromatic heterocycles. The van der Waals surface area contributed by atoms with Crippen LogP contribution in [0.3, 0.4) is 0 Å². The first-order valence-corrected chi connectivity index (χ1v) is 7.80. The topological polar surface area (TPSA) is 29.3 Å². The van der Waals surface area contributed by atoms with Crippen molar-refractivity contribution in [3.05, 3.63) is 64.0 Å². The molecule has 0 aliphatic rings. The van der Waals surface area contributed by atoms with Crippen molar-refractivity contribution < 1.29 is 4.42 Å². The molecule has 1 atom stereocenters. The van der Waals surface area contributed by atoms with Gasteiger partial charge in [0.05, 0.1) is 6.54 Å². The number of rotatable bonds is 4. The summed E-state index contributed by atoms with van der Waals surface area (Å²) in [5, 5.41) is 1.31. The zero-order chi connectivity index (χ0) is 15.7. The largest absolute Gasteiger partial charge is 0.439 e. The third-order valence-electron chi connectivity index (χ3n) is 3.80. The first-order chi connectivity index (χ1) is 10.5. The summed E-state index contributed by atoms with van der Waals surface area (Å²) in [7, 11) is 2.02. The Morgan fingerprint density at radius 1 is 1.18 bits per heavy atom. The van der Waals surface area contributed by atoms with Crippen molar-refractivity contribution in [1.82, 2.24) is 9.88 Å². The van der Waals surface area contributed by atoms with Gasteiger partial charge in [-0.1, -0.05) is 41.4 Å². The van der Waals surface area contributed by atoms with Gasteiger partial charge in [-0.3, -0.25) is 4.90 Å². The van der Waals surface area contributed by atoms with Crippen molar-refractivity contribution in [3.8, 4) is 0 Å². The van der Waals surface area contributed by atoms with E-state index in [0.29, 0.717) is 22.5 Å². The number of para-hydroxylation sites is 2. The van der Waals surface area contributed by atoms with Gasteiger partial charge < -0.3 is 4.42 Å². The Kier molecular flexibility index (Phi) is 4.39. The number of aromatic nitrogens is 1. The predicted molar refractivity (Wildman–Crippen MR) is 90.4 cm³/mol. The monoisotopic (exact) mass is 334 g/mol. The maximum absolute atomic E-state index is 6.29. The lowest BCUT2D eigenvalue weighted by Gasteiger charge is -2.24. The maximum atomic E-state index is 6.29. The van der Waals surface area contributed by atoms with Gasteiger partial charge in [-0.25, -0.2) is 4.98 Å². The molecule has 0 saturated heterocycles. The molecule has 0 spiro atoms. The second kappa shape index (κ2) is 6.29. The minimum atomic E-state index is 0.125. The van der Waals surface area contributed by atoms with E-state index in [0.717, 1.165) is 16.7 Å². The molecule has 3 nitrogen and oxygen atoms in total. The van der Waals surface area contributed by atoms with E-state index in [1.165, 1.54) is 0 Å². The Morgan fingerprint density at radius 3 is 2.68 bits per heavy atom. The number of hydrogen-bond acceptors (Lipinski definition) is 3. The van der Waals surface area contributed by atoms with Crippen LogP contribution in [-0.4, -0.2) is 16.9 Å². The fraction of sp³-hybridized carbons (Fsp3) is 0.235. The number of benzene rings is 2. The fourth-order valence-electron chi connectivity index (χ4n) is 2.42. The van der Waals surface area contributed by atoms with Gasteiger partial charge in [0.1, 0.15) is 5.52 Å². The lowest BCUT2D eigenvalue weighted by atomic mass is 10.1. The molecule has 3 rings (SSSR count). The van der Waals surface area contributed by atoms with Crippen LogP contribution in [0.4, 0.5) is 0 Å². The summed E-state index contributed by atoms with van der Waals surface area (Å²) in [6.07, 6.45) is 0. The summed E-state index contributed by atoms with van der Waals surface area (Å²) in [6, 6.07) is 13.5. The lowest BCUT2D eigenvalue weighted by molar-refractivity contribution is 0.230. The number of hydrogen-bond donors (Lipinski definition) is 0. The second-order valence-corrected chi connectivity index (χ2v) is 6.18. The number of halogens is 2. The molecule has 22 heavy (non-hydrogen) atoms. The third-order valence-corrected chi connectivity index (χ3v) is 4.36. The molecule has 5 heteroatoms. The smallest absolute Gasteiger partial charge is 0.209 e. The van der Waals surface area contributed by atoms with Crippen molar-refractivity contribution in [2.45, 2.75) is 19.5 Å². The highest BCUT2D eigenvalue weighted by atomic mass is 35.5. The first-order valence-electron chi connectivity index (χ1n) is 7.04. The molecule has 0 fully saturated rings. The van der Waals surface area contributed by atoms with Gasteiger partial charge in [0, 0.05) is 16.1 Å². The fourth-order valence-corrected chi connectivity index (χ4v) is 2.98. The molecule has 0 bridgehead atoms.